The van der Waals surface area contributed by atoms with Crippen molar-refractivity contribution in [1.82, 2.24) is 83.3 Å². The summed E-state index contributed by atoms with van der Waals surface area (Å²) in [5.74, 6) is -12.9. The van der Waals surface area contributed by atoms with Crippen molar-refractivity contribution in [2.24, 2.45) is 41.1 Å². The molecule has 0 bridgehead atoms. The first-order valence-electron chi connectivity index (χ1n) is 44.5. The molecule has 23 N–H and O–H groups in total. The van der Waals surface area contributed by atoms with Crippen LogP contribution < -0.4 is 80.7 Å². The molecule has 5 heterocycles. The molecule has 14 amide bonds. The first-order valence-corrected chi connectivity index (χ1v) is 48.1. The Kier molecular flexibility index (Phi) is 40.1. The summed E-state index contributed by atoms with van der Waals surface area (Å²) in [6.07, 6.45) is 8.99. The number of amides is 14. The summed E-state index contributed by atoms with van der Waals surface area (Å²) in [7, 11) is 3.72. The number of benzene rings is 4. The van der Waals surface area contributed by atoms with E-state index in [-0.39, 0.29) is 134 Å². The number of carboxylic acids is 2. The highest BCUT2D eigenvalue weighted by molar-refractivity contribution is 14.1. The van der Waals surface area contributed by atoms with Gasteiger partial charge in [-0.25, -0.2) is 19.6 Å². The van der Waals surface area contributed by atoms with E-state index < -0.39 is 186 Å². The van der Waals surface area contributed by atoms with Gasteiger partial charge in [0, 0.05) is 122 Å². The Morgan fingerprint density at radius 1 is 0.706 bits per heavy atom. The second-order valence-electron chi connectivity index (χ2n) is 34.5. The molecule has 3 aromatic carbocycles. The Morgan fingerprint density at radius 2 is 1.38 bits per heavy atom. The molecule has 0 radical (unpaired) electrons. The normalized spacial score (nSPS) is 20.1. The molecule has 3 unspecified atom stereocenters. The van der Waals surface area contributed by atoms with Crippen LogP contribution in [-0.2, 0) is 81.6 Å². The highest BCUT2D eigenvalue weighted by Gasteiger charge is 2.44. The Labute approximate surface area is 804 Å². The van der Waals surface area contributed by atoms with Gasteiger partial charge in [-0.2, -0.15) is 0 Å². The molecule has 2 fully saturated rings. The number of carbonyl (C=O) groups is 15. The van der Waals surface area contributed by atoms with Crippen LogP contribution in [0.25, 0.3) is 33.4 Å². The van der Waals surface area contributed by atoms with Gasteiger partial charge in [-0.15, -0.1) is 0 Å². The maximum atomic E-state index is 14.6. The average molecular weight is 2030 g/mol. The number of hydrogen-bond donors (Lipinski definition) is 21. The van der Waals surface area contributed by atoms with Crippen LogP contribution in [0.2, 0.25) is 0 Å². The van der Waals surface area contributed by atoms with Crippen molar-refractivity contribution in [2.75, 3.05) is 37.0 Å². The zero-order valence-electron chi connectivity index (χ0n) is 76.2. The van der Waals surface area contributed by atoms with Gasteiger partial charge in [0.15, 0.2) is 5.43 Å². The number of phenolic OH excluding ortho intramolecular Hbond substituents is 1. The topological polar surface area (TPSA) is 644 Å². The molecule has 0 spiro atoms. The van der Waals surface area contributed by atoms with Crippen molar-refractivity contribution in [3.8, 4) is 28.2 Å². The minimum atomic E-state index is -1.80. The van der Waals surface area contributed by atoms with Crippen molar-refractivity contribution in [3.63, 3.8) is 0 Å². The van der Waals surface area contributed by atoms with E-state index in [9.17, 15) is 102 Å². The van der Waals surface area contributed by atoms with Crippen molar-refractivity contribution in [2.45, 2.75) is 205 Å². The molecule has 0 saturated carbocycles. The number of nitrogens with zero attached hydrogens (tertiary/aromatic N) is 3. The SMILES string of the molecule is CCC(C)[C@H](NC(=O)[C@H](Cc1cnc[nH]1)NC(=O)[C@@H]1CSSC[C@H](C)C(=O)N2CC(O)C[C@H]2C(=O)N[C@@H](CC2C=C(I)C(O)=CC2)C(=O)N[C@@H](CC(=O)O)C(=O)N[C@@H](CC(C)C)C(=O)N1)C(=O)N[C@@H](CC(C)C)C(N)=O.CNC(=O)[C@H](Cc1ncc[nH]1)NC(=O)[C@H](Cc1ccccc1)NC(=O)[C@H](N)CCCCNC(=O)Nc1ccc(-c2c3ccc(=O)cc-3oc3cc(O)ccc23)c(C(=O)O)c1. The largest absolute Gasteiger partial charge is 0.508 e. The highest BCUT2D eigenvalue weighted by Crippen LogP contribution is 2.43. The zero-order valence-corrected chi connectivity index (χ0v) is 80.0. The molecule has 3 aliphatic heterocycles. The van der Waals surface area contributed by atoms with Gasteiger partial charge >= 0.3 is 18.0 Å². The molecule has 2 aromatic heterocycles. The number of nitrogens with one attached hydrogen (secondary N) is 14. The van der Waals surface area contributed by atoms with Crippen LogP contribution in [0.15, 0.2) is 141 Å². The van der Waals surface area contributed by atoms with Crippen LogP contribution in [0.3, 0.4) is 0 Å². The molecule has 41 nitrogen and oxygen atoms in total. The number of aromatic amines is 2. The summed E-state index contributed by atoms with van der Waals surface area (Å²) < 4.78 is 6.36. The van der Waals surface area contributed by atoms with Crippen LogP contribution in [-0.4, -0.2) is 243 Å². The number of primary amides is 1. The number of imidazole rings is 2. The zero-order chi connectivity index (χ0) is 99.3. The lowest BCUT2D eigenvalue weighted by atomic mass is 9.90. The fourth-order valence-electron chi connectivity index (χ4n) is 15.5. The Balaban J connectivity index is 0.000000313. The summed E-state index contributed by atoms with van der Waals surface area (Å²) in [6.45, 7) is 12.4. The third-order valence-electron chi connectivity index (χ3n) is 22.9. The van der Waals surface area contributed by atoms with Gasteiger partial charge in [0.25, 0.3) is 0 Å². The number of aliphatic carboxylic acids is 1. The number of carboxylic acid groups (broad SMARTS) is 2. The molecule has 5 aliphatic rings. The van der Waals surface area contributed by atoms with E-state index in [2.05, 4.69) is 83.7 Å². The number of phenols is 1. The maximum absolute atomic E-state index is 14.6. The number of nitrogens with two attached hydrogens (primary N) is 2. The van der Waals surface area contributed by atoms with Gasteiger partial charge in [-0.05, 0) is 145 Å². The lowest BCUT2D eigenvalue weighted by Crippen LogP contribution is -2.61. The molecule has 10 rings (SSSR count). The van der Waals surface area contributed by atoms with Crippen molar-refractivity contribution in [3.05, 3.63) is 164 Å². The first kappa shape index (κ1) is 107. The van der Waals surface area contributed by atoms with E-state index in [1.807, 2.05) is 66.8 Å². The van der Waals surface area contributed by atoms with Gasteiger partial charge < -0.3 is 120 Å². The Morgan fingerprint density at radius 3 is 2.04 bits per heavy atom. The number of aromatic hydroxyl groups is 1. The number of aromatic nitrogens is 4. The van der Waals surface area contributed by atoms with Gasteiger partial charge in [0.05, 0.1) is 34.0 Å². The fraction of sp³-hybridized carbons (Fsp3) is 0.457. The number of unbranched alkanes of at least 4 members (excludes halogenated alkanes) is 1. The van der Waals surface area contributed by atoms with Crippen LogP contribution in [0.5, 0.6) is 5.75 Å². The third kappa shape index (κ3) is 31.3. The number of allylic oxidation sites excluding steroid dienone is 3. The van der Waals surface area contributed by atoms with Gasteiger partial charge in [-0.3, -0.25) is 67.1 Å². The number of carbonyl (C=O) groups excluding carboxylic acids is 13. The number of halogens is 1. The second kappa shape index (κ2) is 51.1. The molecular weight excluding hydrogens is 1910 g/mol. The molecule has 44 heteroatoms. The number of aromatic carboxylic acids is 1. The number of H-pyrrole nitrogens is 2. The second-order valence-corrected chi connectivity index (χ2v) is 38.2. The van der Waals surface area contributed by atoms with Crippen LogP contribution in [0.1, 0.15) is 140 Å². The van der Waals surface area contributed by atoms with E-state index in [4.69, 9.17) is 15.9 Å². The number of aliphatic hydroxyl groups is 2. The standard InChI is InChI=1S/C49H74IN11O13S2.C43H44N8O9/c1-8-25(6)40(48(73)54-31(41(51)66)11-23(2)3)60-45(70)34(15-28-18-52-22-53-28)56-46(71)36-21-76-75-20-26(7)49(74)61-19-29(62)16-37(61)47(72)58-33(14-27-9-10-38(63)30(50)13-27)43(68)57-35(17-39(64)65)44(69)55-32(12-24(4)5)42(67)59-36;1-45-40(55)34(23-37-46-17-18-47-37)51-41(56)33(19-24-7-3-2-4-8-24)50-39(54)32(44)9-5-6-16-48-43(59)49-25-10-13-28(31(20-25)42(57)58)38-29-14-11-26(52)21-35(29)60-36-22-27(53)12-15-30(36)38/h10,13,18,22-27,29,31-37,40,62-63H,8-9,11-12,14-17,19-21H2,1-7H3,(H2,51,66)(H,52,53)(H,54,73)(H,55,69)(H,56,71)(H,57,68)(H,58,72)(H,59,67)(H,60,70)(H,64,65);2-4,7-8,10-15,17-18,20-22,32-34,52H,5-6,9,16,19,23,44H2,1H3,(H,45,55)(H,46,47)(H,50,54)(H,51,56)(H,57,58)(H2,48,49,59)/t25?,26-,27?,29?,31-,32-,33-,34-,35-,36-,37-,40-;32-,33+,34+/m01/s1. The van der Waals surface area contributed by atoms with E-state index in [0.717, 1.165) is 16.4 Å². The number of fused-ring (bicyclic) bond motifs is 3. The van der Waals surface area contributed by atoms with Crippen molar-refractivity contribution in [1.29, 1.82) is 0 Å². The van der Waals surface area contributed by atoms with E-state index in [1.165, 1.54) is 71.8 Å². The van der Waals surface area contributed by atoms with Crippen molar-refractivity contribution < 1.29 is 102 Å². The van der Waals surface area contributed by atoms with Gasteiger partial charge in [0.2, 0.25) is 70.9 Å². The van der Waals surface area contributed by atoms with E-state index in [1.54, 1.807) is 77.2 Å². The number of urea groups is 1. The van der Waals surface area contributed by atoms with Crippen molar-refractivity contribution >= 4 is 150 Å². The highest BCUT2D eigenvalue weighted by atomic mass is 127. The summed E-state index contributed by atoms with van der Waals surface area (Å²) >= 11 is 1.91. The predicted octanol–water partition coefficient (Wildman–Crippen LogP) is 4.12. The monoisotopic (exact) mass is 2030 g/mol. The number of anilines is 1. The van der Waals surface area contributed by atoms with Crippen LogP contribution in [0.4, 0.5) is 10.5 Å². The molecule has 732 valence electrons. The van der Waals surface area contributed by atoms with E-state index in [0.29, 0.717) is 56.4 Å². The Bertz CT molecular complexity index is 5510. The fourth-order valence-corrected chi connectivity index (χ4v) is 18.7. The summed E-state index contributed by atoms with van der Waals surface area (Å²) in [5, 5.41) is 83.6. The van der Waals surface area contributed by atoms with Gasteiger partial charge in [0.1, 0.15) is 89.1 Å². The summed E-state index contributed by atoms with van der Waals surface area (Å²) in [4.78, 5) is 230. The lowest BCUT2D eigenvalue weighted by Gasteiger charge is -2.30. The van der Waals surface area contributed by atoms with Gasteiger partial charge in [-0.1, -0.05) is 119 Å². The lowest BCUT2D eigenvalue weighted by molar-refractivity contribution is -0.142. The quantitative estimate of drug-likeness (QED) is 0.0114. The average Bonchev–Trinajstić information content (AvgIpc) is 1.59. The molecule has 136 heavy (non-hydrogen) atoms. The molecule has 15 atom stereocenters. The number of hydrogen-bond acceptors (Lipinski definition) is 25. The first-order chi connectivity index (χ1) is 64.7. The number of aliphatic hydroxyl groups excluding tert-OH is 2. The maximum Gasteiger partial charge on any atom is 0.336 e. The number of likely N-dealkylation sites (N-methyl/N-ethyl adjacent to an activating group) is 1. The smallest absolute Gasteiger partial charge is 0.336 e. The molecule has 5 aromatic rings. The molecule has 2 saturated heterocycles. The minimum Gasteiger partial charge on any atom is -0.508 e. The minimum absolute atomic E-state index is 0.0116. The van der Waals surface area contributed by atoms with E-state index >= 15 is 0 Å². The number of rotatable bonds is 36. The van der Waals surface area contributed by atoms with Crippen LogP contribution in [0, 0.1) is 29.6 Å². The summed E-state index contributed by atoms with van der Waals surface area (Å²) in [5.41, 5.74) is 14.3. The molecular formula is C92H118IN19O22S2. The molecule has 2 aliphatic carbocycles. The third-order valence-corrected chi connectivity index (χ3v) is 26.4. The Hall–Kier alpha value is -13.0. The predicted molar refractivity (Wildman–Crippen MR) is 514 cm³/mol. The summed E-state index contributed by atoms with van der Waals surface area (Å²) in [6, 6.07) is 7.61. The van der Waals surface area contributed by atoms with Crippen LogP contribution >= 0.6 is 44.2 Å².